The Bertz CT molecular complexity index is 261. The number of hydrogen-bond donors (Lipinski definition) is 1. The van der Waals surface area contributed by atoms with E-state index in [4.69, 9.17) is 4.74 Å². The fourth-order valence-corrected chi connectivity index (χ4v) is 1.76. The molecule has 12 heavy (non-hydrogen) atoms. The monoisotopic (exact) mass is 182 g/mol. The Kier molecular flexibility index (Phi) is 3.16. The van der Waals surface area contributed by atoms with Crippen molar-refractivity contribution < 1.29 is 9.84 Å². The van der Waals surface area contributed by atoms with Gasteiger partial charge in [0.25, 0.3) is 0 Å². The van der Waals surface area contributed by atoms with Gasteiger partial charge in [-0.2, -0.15) is 0 Å². The molecule has 0 saturated carbocycles. The molecule has 0 saturated heterocycles. The quantitative estimate of drug-likeness (QED) is 0.698. The van der Waals surface area contributed by atoms with E-state index in [1.807, 2.05) is 12.1 Å². The van der Waals surface area contributed by atoms with E-state index >= 15 is 0 Å². The van der Waals surface area contributed by atoms with Crippen LogP contribution in [0, 0.1) is 0 Å². The van der Waals surface area contributed by atoms with Crippen molar-refractivity contribution in [3.05, 3.63) is 23.8 Å². The summed E-state index contributed by atoms with van der Waals surface area (Å²) < 4.78 is 4.94. The standard InChI is InChI=1S/C9H14O2Si/c1-11-9-3-2-7(4-5-12)6-8(9)10/h2-3,6,10H,4-5H2,1,12H3. The van der Waals surface area contributed by atoms with Crippen LogP contribution in [0.3, 0.4) is 0 Å². The molecule has 0 fully saturated rings. The highest BCUT2D eigenvalue weighted by molar-refractivity contribution is 6.08. The highest BCUT2D eigenvalue weighted by Gasteiger charge is 2.00. The summed E-state index contributed by atoms with van der Waals surface area (Å²) in [6, 6.07) is 6.81. The lowest BCUT2D eigenvalue weighted by Crippen LogP contribution is -1.87. The summed E-state index contributed by atoms with van der Waals surface area (Å²) >= 11 is 0. The van der Waals surface area contributed by atoms with Gasteiger partial charge in [0.15, 0.2) is 11.5 Å². The lowest BCUT2D eigenvalue weighted by atomic mass is 10.1. The SMILES string of the molecule is COc1ccc(CC[SiH3])cc1O. The fourth-order valence-electron chi connectivity index (χ4n) is 1.18. The van der Waals surface area contributed by atoms with E-state index in [1.54, 1.807) is 13.2 Å². The average molecular weight is 182 g/mol. The van der Waals surface area contributed by atoms with Gasteiger partial charge in [0.1, 0.15) is 0 Å². The molecule has 2 nitrogen and oxygen atoms in total. The molecule has 0 heterocycles. The van der Waals surface area contributed by atoms with Crippen LogP contribution in [0.25, 0.3) is 0 Å². The van der Waals surface area contributed by atoms with Gasteiger partial charge in [0.05, 0.1) is 7.11 Å². The van der Waals surface area contributed by atoms with Crippen molar-refractivity contribution in [3.63, 3.8) is 0 Å². The van der Waals surface area contributed by atoms with Crippen molar-refractivity contribution in [1.82, 2.24) is 0 Å². The number of methoxy groups -OCH3 is 1. The number of aryl methyl sites for hydroxylation is 1. The van der Waals surface area contributed by atoms with E-state index in [1.165, 1.54) is 21.9 Å². The minimum atomic E-state index is 0.241. The highest BCUT2D eigenvalue weighted by atomic mass is 28.1. The second-order valence-electron chi connectivity index (χ2n) is 2.76. The maximum atomic E-state index is 9.40. The number of rotatable bonds is 3. The molecule has 0 aromatic heterocycles. The van der Waals surface area contributed by atoms with Gasteiger partial charge in [-0.15, -0.1) is 0 Å². The van der Waals surface area contributed by atoms with Crippen LogP contribution in [0.4, 0.5) is 0 Å². The first-order chi connectivity index (χ1) is 5.77. The summed E-state index contributed by atoms with van der Waals surface area (Å²) in [7, 11) is 2.76. The van der Waals surface area contributed by atoms with Gasteiger partial charge in [0, 0.05) is 10.2 Å². The molecule has 0 amide bonds. The summed E-state index contributed by atoms with van der Waals surface area (Å²) in [6.07, 6.45) is 1.06. The number of benzene rings is 1. The molecule has 66 valence electrons. The van der Waals surface area contributed by atoms with Crippen LogP contribution < -0.4 is 4.74 Å². The number of hydrogen-bond acceptors (Lipinski definition) is 2. The Balaban J connectivity index is 2.86. The van der Waals surface area contributed by atoms with Crippen LogP contribution in [0.15, 0.2) is 18.2 Å². The molecule has 0 aliphatic carbocycles. The van der Waals surface area contributed by atoms with Crippen molar-refractivity contribution in [2.24, 2.45) is 0 Å². The van der Waals surface area contributed by atoms with Crippen molar-refractivity contribution in [1.29, 1.82) is 0 Å². The van der Waals surface area contributed by atoms with Gasteiger partial charge >= 0.3 is 0 Å². The zero-order chi connectivity index (χ0) is 8.97. The van der Waals surface area contributed by atoms with Gasteiger partial charge in [-0.1, -0.05) is 12.1 Å². The number of aromatic hydroxyl groups is 1. The Morgan fingerprint density at radius 3 is 2.75 bits per heavy atom. The first-order valence-corrected chi connectivity index (χ1v) is 5.55. The second kappa shape index (κ2) is 4.16. The molecule has 1 rings (SSSR count). The molecule has 1 aromatic carbocycles. The maximum absolute atomic E-state index is 9.40. The Hall–Kier alpha value is -0.963. The van der Waals surface area contributed by atoms with E-state index in [-0.39, 0.29) is 5.75 Å². The molecule has 1 N–H and O–H groups in total. The molecule has 0 radical (unpaired) electrons. The van der Waals surface area contributed by atoms with Crippen molar-refractivity contribution in [2.45, 2.75) is 12.5 Å². The summed E-state index contributed by atoms with van der Waals surface area (Å²) in [5.74, 6) is 0.789. The van der Waals surface area contributed by atoms with Gasteiger partial charge in [0.2, 0.25) is 0 Å². The predicted molar refractivity (Wildman–Crippen MR) is 53.1 cm³/mol. The van der Waals surface area contributed by atoms with Crippen molar-refractivity contribution in [3.8, 4) is 11.5 Å². The fraction of sp³-hybridized carbons (Fsp3) is 0.333. The molecule has 3 heteroatoms. The third kappa shape index (κ3) is 2.01. The van der Waals surface area contributed by atoms with Crippen LogP contribution in [0.5, 0.6) is 11.5 Å². The van der Waals surface area contributed by atoms with Crippen LogP contribution in [-0.2, 0) is 6.42 Å². The molecule has 0 unspecified atom stereocenters. The number of ether oxygens (including phenoxy) is 1. The van der Waals surface area contributed by atoms with Crippen LogP contribution in [-0.4, -0.2) is 22.5 Å². The summed E-state index contributed by atoms with van der Waals surface area (Å²) in [5, 5.41) is 9.40. The van der Waals surface area contributed by atoms with Gasteiger partial charge in [-0.05, 0) is 24.1 Å². The Morgan fingerprint density at radius 1 is 1.50 bits per heavy atom. The first kappa shape index (κ1) is 9.13. The van der Waals surface area contributed by atoms with E-state index in [0.29, 0.717) is 5.75 Å². The molecule has 0 bridgehead atoms. The topological polar surface area (TPSA) is 29.5 Å². The highest BCUT2D eigenvalue weighted by Crippen LogP contribution is 2.26. The molecule has 0 aliphatic heterocycles. The number of phenols is 1. The first-order valence-electron chi connectivity index (χ1n) is 4.13. The lowest BCUT2D eigenvalue weighted by Gasteiger charge is -2.04. The molecular weight excluding hydrogens is 168 g/mol. The molecule has 0 spiro atoms. The van der Waals surface area contributed by atoms with Crippen LogP contribution in [0.1, 0.15) is 5.56 Å². The molecule has 1 aromatic rings. The third-order valence-electron chi connectivity index (χ3n) is 1.78. The van der Waals surface area contributed by atoms with Crippen LogP contribution in [0.2, 0.25) is 6.04 Å². The normalized spacial score (nSPS) is 10.1. The second-order valence-corrected chi connectivity index (χ2v) is 3.76. The maximum Gasteiger partial charge on any atom is 0.160 e. The van der Waals surface area contributed by atoms with Crippen molar-refractivity contribution >= 4 is 10.2 Å². The predicted octanol–water partition coefficient (Wildman–Crippen LogP) is 0.727. The largest absolute Gasteiger partial charge is 0.504 e. The average Bonchev–Trinajstić information content (AvgIpc) is 2.05. The molecular formula is C9H14O2Si. The summed E-state index contributed by atoms with van der Waals surface area (Å²) in [4.78, 5) is 0. The smallest absolute Gasteiger partial charge is 0.160 e. The van der Waals surface area contributed by atoms with E-state index in [0.717, 1.165) is 6.42 Å². The van der Waals surface area contributed by atoms with Gasteiger partial charge < -0.3 is 9.84 Å². The summed E-state index contributed by atoms with van der Waals surface area (Å²) in [6.45, 7) is 0. The minimum absolute atomic E-state index is 0.241. The third-order valence-corrected chi connectivity index (χ3v) is 2.28. The zero-order valence-corrected chi connectivity index (χ0v) is 9.50. The minimum Gasteiger partial charge on any atom is -0.504 e. The summed E-state index contributed by atoms with van der Waals surface area (Å²) in [5.41, 5.74) is 1.18. The van der Waals surface area contributed by atoms with Crippen LogP contribution >= 0.6 is 0 Å². The Morgan fingerprint density at radius 2 is 2.25 bits per heavy atom. The lowest BCUT2D eigenvalue weighted by molar-refractivity contribution is 0.373. The van der Waals surface area contributed by atoms with Crippen molar-refractivity contribution in [2.75, 3.05) is 7.11 Å². The van der Waals surface area contributed by atoms with E-state index in [9.17, 15) is 5.11 Å². The van der Waals surface area contributed by atoms with E-state index in [2.05, 4.69) is 0 Å². The Labute approximate surface area is 75.6 Å². The van der Waals surface area contributed by atoms with Gasteiger partial charge in [-0.25, -0.2) is 0 Å². The zero-order valence-electron chi connectivity index (χ0n) is 7.50. The van der Waals surface area contributed by atoms with E-state index < -0.39 is 0 Å². The van der Waals surface area contributed by atoms with Gasteiger partial charge in [-0.3, -0.25) is 0 Å². The number of phenolic OH excluding ortho intramolecular Hbond substituents is 1. The molecule has 0 atom stereocenters. The molecule has 0 aliphatic rings.